The molecule has 2 heterocycles. The number of aromatic nitrogens is 1. The lowest BCUT2D eigenvalue weighted by atomic mass is 9.97. The zero-order valence-corrected chi connectivity index (χ0v) is 17.0. The van der Waals surface area contributed by atoms with Crippen LogP contribution in [0.15, 0.2) is 53.4 Å². The minimum absolute atomic E-state index is 0.249. The Labute approximate surface area is 168 Å². The van der Waals surface area contributed by atoms with Gasteiger partial charge in [-0.3, -0.25) is 0 Å². The summed E-state index contributed by atoms with van der Waals surface area (Å²) in [7, 11) is -3.49. The Hall–Kier alpha value is -1.67. The molecule has 1 N–H and O–H groups in total. The van der Waals surface area contributed by atoms with Crippen molar-refractivity contribution in [2.75, 3.05) is 24.5 Å². The van der Waals surface area contributed by atoms with Gasteiger partial charge in [0.1, 0.15) is 0 Å². The van der Waals surface area contributed by atoms with Crippen molar-refractivity contribution in [1.29, 1.82) is 0 Å². The van der Waals surface area contributed by atoms with Crippen LogP contribution in [0.25, 0.3) is 10.2 Å². The number of thiazole rings is 1. The molecule has 8 heteroatoms. The molecule has 1 fully saturated rings. The summed E-state index contributed by atoms with van der Waals surface area (Å²) in [5.74, 6) is 0.331. The van der Waals surface area contributed by atoms with Crippen molar-refractivity contribution in [1.82, 2.24) is 9.71 Å². The van der Waals surface area contributed by atoms with Crippen LogP contribution in [-0.4, -0.2) is 33.0 Å². The molecule has 0 aliphatic carbocycles. The molecule has 2 aromatic carbocycles. The molecule has 0 spiro atoms. The lowest BCUT2D eigenvalue weighted by molar-refractivity contribution is 0.402. The predicted molar refractivity (Wildman–Crippen MR) is 111 cm³/mol. The third-order valence-corrected chi connectivity index (χ3v) is 7.64. The monoisotopic (exact) mass is 421 g/mol. The molecule has 3 aromatic rings. The number of hydrogen-bond donors (Lipinski definition) is 1. The van der Waals surface area contributed by atoms with E-state index in [-0.39, 0.29) is 4.90 Å². The molecule has 0 atom stereocenters. The van der Waals surface area contributed by atoms with E-state index in [9.17, 15) is 8.42 Å². The van der Waals surface area contributed by atoms with E-state index in [2.05, 4.69) is 15.7 Å². The number of rotatable bonds is 5. The van der Waals surface area contributed by atoms with E-state index in [0.29, 0.717) is 17.5 Å². The molecule has 0 saturated carbocycles. The average molecular weight is 422 g/mol. The van der Waals surface area contributed by atoms with Crippen LogP contribution in [0.5, 0.6) is 0 Å². The Morgan fingerprint density at radius 3 is 2.52 bits per heavy atom. The smallest absolute Gasteiger partial charge is 0.240 e. The van der Waals surface area contributed by atoms with Gasteiger partial charge in [0.25, 0.3) is 0 Å². The van der Waals surface area contributed by atoms with Crippen molar-refractivity contribution in [3.05, 3.63) is 53.6 Å². The number of fused-ring (bicyclic) bond motifs is 1. The molecule has 0 amide bonds. The molecule has 1 aliphatic rings. The van der Waals surface area contributed by atoms with Crippen LogP contribution < -0.4 is 9.62 Å². The average Bonchev–Trinajstić information content (AvgIpc) is 3.11. The molecule has 0 bridgehead atoms. The summed E-state index contributed by atoms with van der Waals surface area (Å²) in [6.45, 7) is 2.25. The van der Waals surface area contributed by atoms with Crippen LogP contribution in [0.4, 0.5) is 5.13 Å². The Morgan fingerprint density at radius 1 is 1.11 bits per heavy atom. The summed E-state index contributed by atoms with van der Waals surface area (Å²) in [6, 6.07) is 14.4. The van der Waals surface area contributed by atoms with Crippen molar-refractivity contribution in [2.24, 2.45) is 5.92 Å². The number of para-hydroxylation sites is 1. The van der Waals surface area contributed by atoms with Crippen molar-refractivity contribution < 1.29 is 8.42 Å². The first kappa shape index (κ1) is 18.7. The molecule has 0 radical (unpaired) electrons. The highest BCUT2D eigenvalue weighted by atomic mass is 35.5. The van der Waals surface area contributed by atoms with Gasteiger partial charge in [-0.2, -0.15) is 0 Å². The lowest BCUT2D eigenvalue weighted by Gasteiger charge is -2.31. The first-order valence-corrected chi connectivity index (χ1v) is 11.5. The van der Waals surface area contributed by atoms with Gasteiger partial charge >= 0.3 is 0 Å². The second-order valence-corrected chi connectivity index (χ2v) is 9.91. The second-order valence-electron chi connectivity index (χ2n) is 6.70. The normalized spacial score (nSPS) is 16.1. The summed E-state index contributed by atoms with van der Waals surface area (Å²) < 4.78 is 28.7. The SMILES string of the molecule is O=S(=O)(NCC1CCN(c2nc3ccccc3s2)CC1)c1ccc(Cl)cc1. The molecule has 4 rings (SSSR count). The molecule has 0 unspecified atom stereocenters. The fraction of sp³-hybridized carbons (Fsp3) is 0.316. The third kappa shape index (κ3) is 4.27. The number of nitrogens with zero attached hydrogens (tertiary/aromatic N) is 2. The fourth-order valence-electron chi connectivity index (χ4n) is 3.25. The van der Waals surface area contributed by atoms with E-state index in [4.69, 9.17) is 16.6 Å². The van der Waals surface area contributed by atoms with Gasteiger partial charge in [-0.25, -0.2) is 18.1 Å². The highest BCUT2D eigenvalue weighted by Gasteiger charge is 2.23. The van der Waals surface area contributed by atoms with Gasteiger partial charge in [0.05, 0.1) is 15.1 Å². The summed E-state index contributed by atoms with van der Waals surface area (Å²) in [5, 5.41) is 1.58. The minimum Gasteiger partial charge on any atom is -0.348 e. The maximum atomic E-state index is 12.4. The molecule has 142 valence electrons. The zero-order chi connectivity index (χ0) is 18.9. The van der Waals surface area contributed by atoms with Gasteiger partial charge < -0.3 is 4.90 Å². The summed E-state index contributed by atoms with van der Waals surface area (Å²) in [6.07, 6.45) is 1.89. The number of piperidine rings is 1. The van der Waals surface area contributed by atoms with Gasteiger partial charge in [0.2, 0.25) is 10.0 Å². The molecule has 1 aromatic heterocycles. The first-order valence-electron chi connectivity index (χ1n) is 8.87. The van der Waals surface area contributed by atoms with Gasteiger partial charge in [-0.15, -0.1) is 0 Å². The van der Waals surface area contributed by atoms with E-state index in [1.165, 1.54) is 16.8 Å². The topological polar surface area (TPSA) is 62.3 Å². The number of benzene rings is 2. The molecular formula is C19H20ClN3O2S2. The van der Waals surface area contributed by atoms with Crippen LogP contribution in [0.1, 0.15) is 12.8 Å². The maximum absolute atomic E-state index is 12.4. The zero-order valence-electron chi connectivity index (χ0n) is 14.6. The van der Waals surface area contributed by atoms with E-state index < -0.39 is 10.0 Å². The van der Waals surface area contributed by atoms with Crippen LogP contribution in [0, 0.1) is 5.92 Å². The minimum atomic E-state index is -3.49. The van der Waals surface area contributed by atoms with Crippen LogP contribution in [-0.2, 0) is 10.0 Å². The van der Waals surface area contributed by atoms with Crippen molar-refractivity contribution in [3.8, 4) is 0 Å². The van der Waals surface area contributed by atoms with E-state index in [0.717, 1.165) is 36.6 Å². The molecular weight excluding hydrogens is 402 g/mol. The Bertz CT molecular complexity index is 994. The summed E-state index contributed by atoms with van der Waals surface area (Å²) in [5.41, 5.74) is 1.04. The molecule has 1 aliphatic heterocycles. The number of halogens is 1. The maximum Gasteiger partial charge on any atom is 0.240 e. The van der Waals surface area contributed by atoms with E-state index in [1.807, 2.05) is 18.2 Å². The Morgan fingerprint density at radius 2 is 1.81 bits per heavy atom. The summed E-state index contributed by atoms with van der Waals surface area (Å²) in [4.78, 5) is 7.26. The van der Waals surface area contributed by atoms with Crippen molar-refractivity contribution in [3.63, 3.8) is 0 Å². The van der Waals surface area contributed by atoms with Crippen LogP contribution in [0.2, 0.25) is 5.02 Å². The highest BCUT2D eigenvalue weighted by Crippen LogP contribution is 2.31. The fourth-order valence-corrected chi connectivity index (χ4v) is 5.51. The third-order valence-electron chi connectivity index (χ3n) is 4.85. The summed E-state index contributed by atoms with van der Waals surface area (Å²) >= 11 is 7.54. The second kappa shape index (κ2) is 7.75. The highest BCUT2D eigenvalue weighted by molar-refractivity contribution is 7.89. The molecule has 1 saturated heterocycles. The van der Waals surface area contributed by atoms with Gasteiger partial charge in [0, 0.05) is 24.7 Å². The largest absolute Gasteiger partial charge is 0.348 e. The predicted octanol–water partition coefficient (Wildman–Crippen LogP) is 4.14. The quantitative estimate of drug-likeness (QED) is 0.672. The van der Waals surface area contributed by atoms with Crippen LogP contribution >= 0.6 is 22.9 Å². The lowest BCUT2D eigenvalue weighted by Crippen LogP contribution is -2.38. The number of anilines is 1. The standard InChI is InChI=1S/C19H20ClN3O2S2/c20-15-5-7-16(8-6-15)27(24,25)21-13-14-9-11-23(12-10-14)19-22-17-3-1-2-4-18(17)26-19/h1-8,14,21H,9-13H2. The van der Waals surface area contributed by atoms with E-state index in [1.54, 1.807) is 23.5 Å². The molecule has 5 nitrogen and oxygen atoms in total. The number of nitrogens with one attached hydrogen (secondary N) is 1. The van der Waals surface area contributed by atoms with E-state index >= 15 is 0 Å². The van der Waals surface area contributed by atoms with Gasteiger partial charge in [0.15, 0.2) is 5.13 Å². The number of hydrogen-bond acceptors (Lipinski definition) is 5. The van der Waals surface area contributed by atoms with Crippen molar-refractivity contribution in [2.45, 2.75) is 17.7 Å². The van der Waals surface area contributed by atoms with Gasteiger partial charge in [-0.05, 0) is 55.2 Å². The van der Waals surface area contributed by atoms with Gasteiger partial charge in [-0.1, -0.05) is 35.1 Å². The Balaban J connectivity index is 1.33. The molecule has 27 heavy (non-hydrogen) atoms. The van der Waals surface area contributed by atoms with Crippen molar-refractivity contribution >= 4 is 48.3 Å². The van der Waals surface area contributed by atoms with Crippen LogP contribution in [0.3, 0.4) is 0 Å². The number of sulfonamides is 1. The Kier molecular flexibility index (Phi) is 5.36. The first-order chi connectivity index (χ1) is 13.0.